The average molecular weight is 205 g/mol. The largest absolute Gasteiger partial charge is 0.306 e. The van der Waals surface area contributed by atoms with Crippen molar-refractivity contribution in [3.63, 3.8) is 0 Å². The lowest BCUT2D eigenvalue weighted by Crippen LogP contribution is -2.25. The zero-order chi connectivity index (χ0) is 10.8. The topological polar surface area (TPSA) is 46.8 Å². The van der Waals surface area contributed by atoms with Crippen LogP contribution in [0.15, 0.2) is 30.6 Å². The Balaban J connectivity index is 2.41. The van der Waals surface area contributed by atoms with Gasteiger partial charge in [0, 0.05) is 19.4 Å². The van der Waals surface area contributed by atoms with Crippen LogP contribution in [0.4, 0.5) is 0 Å². The number of pyridine rings is 1. The number of hydroxylamine groups is 2. The van der Waals surface area contributed by atoms with Crippen molar-refractivity contribution < 1.29 is 9.63 Å². The number of nitrogens with zero attached hydrogens (tertiary/aromatic N) is 3. The van der Waals surface area contributed by atoms with Crippen molar-refractivity contribution in [1.29, 1.82) is 0 Å². The van der Waals surface area contributed by atoms with Crippen molar-refractivity contribution in [2.45, 2.75) is 0 Å². The van der Waals surface area contributed by atoms with E-state index in [2.05, 4.69) is 4.98 Å². The summed E-state index contributed by atoms with van der Waals surface area (Å²) in [6, 6.07) is 5.59. The van der Waals surface area contributed by atoms with E-state index in [1.807, 2.05) is 24.4 Å². The van der Waals surface area contributed by atoms with Gasteiger partial charge in [-0.15, -0.1) is 0 Å². The maximum absolute atomic E-state index is 11.7. The molecule has 1 amide bonds. The van der Waals surface area contributed by atoms with E-state index < -0.39 is 0 Å². The summed E-state index contributed by atoms with van der Waals surface area (Å²) in [4.78, 5) is 20.6. The van der Waals surface area contributed by atoms with Crippen molar-refractivity contribution in [2.75, 3.05) is 14.2 Å². The molecule has 2 heterocycles. The molecule has 0 saturated carbocycles. The van der Waals surface area contributed by atoms with Crippen LogP contribution >= 0.6 is 0 Å². The third-order valence-electron chi connectivity index (χ3n) is 2.14. The highest BCUT2D eigenvalue weighted by molar-refractivity contribution is 5.91. The Morgan fingerprint density at radius 3 is 3.00 bits per heavy atom. The Labute approximate surface area is 86.9 Å². The fourth-order valence-electron chi connectivity index (χ4n) is 1.28. The molecule has 0 aliphatic heterocycles. The highest BCUT2D eigenvalue weighted by atomic mass is 16.7. The minimum Gasteiger partial charge on any atom is -0.306 e. The molecule has 0 radical (unpaired) electrons. The number of rotatable bonds is 2. The highest BCUT2D eigenvalue weighted by Crippen LogP contribution is 2.06. The summed E-state index contributed by atoms with van der Waals surface area (Å²) in [5, 5.41) is 1.14. The SMILES string of the molecule is CON(C)C(=O)c1cn2ccccc2n1. The number of hydrogen-bond acceptors (Lipinski definition) is 3. The monoisotopic (exact) mass is 205 g/mol. The van der Waals surface area contributed by atoms with Crippen LogP contribution in [0, 0.1) is 0 Å². The van der Waals surface area contributed by atoms with Gasteiger partial charge in [-0.05, 0) is 12.1 Å². The second-order valence-corrected chi connectivity index (χ2v) is 3.08. The Morgan fingerprint density at radius 1 is 1.53 bits per heavy atom. The van der Waals surface area contributed by atoms with Gasteiger partial charge in [0.05, 0.1) is 7.11 Å². The van der Waals surface area contributed by atoms with Crippen molar-refractivity contribution in [3.05, 3.63) is 36.3 Å². The van der Waals surface area contributed by atoms with Crippen molar-refractivity contribution in [1.82, 2.24) is 14.4 Å². The van der Waals surface area contributed by atoms with Crippen LogP contribution in [-0.2, 0) is 4.84 Å². The van der Waals surface area contributed by atoms with E-state index in [1.165, 1.54) is 7.11 Å². The smallest absolute Gasteiger partial charge is 0.297 e. The van der Waals surface area contributed by atoms with Gasteiger partial charge in [-0.25, -0.2) is 10.0 Å². The van der Waals surface area contributed by atoms with Gasteiger partial charge in [-0.1, -0.05) is 6.07 Å². The molecule has 0 saturated heterocycles. The Bertz CT molecular complexity index is 459. The van der Waals surface area contributed by atoms with Crippen LogP contribution in [-0.4, -0.2) is 34.5 Å². The lowest BCUT2D eigenvalue weighted by molar-refractivity contribution is -0.0760. The predicted molar refractivity (Wildman–Crippen MR) is 54.3 cm³/mol. The van der Waals surface area contributed by atoms with Gasteiger partial charge in [-0.3, -0.25) is 9.63 Å². The molecule has 15 heavy (non-hydrogen) atoms. The number of carbonyl (C=O) groups is 1. The number of hydrogen-bond donors (Lipinski definition) is 0. The second-order valence-electron chi connectivity index (χ2n) is 3.08. The standard InChI is InChI=1S/C10H11N3O2/c1-12(15-2)10(14)8-7-13-6-4-3-5-9(13)11-8/h3-7H,1-2H3. The summed E-state index contributed by atoms with van der Waals surface area (Å²) in [6.07, 6.45) is 3.51. The van der Waals surface area contributed by atoms with Crippen LogP contribution in [0.5, 0.6) is 0 Å². The zero-order valence-electron chi connectivity index (χ0n) is 8.54. The second kappa shape index (κ2) is 3.70. The van der Waals surface area contributed by atoms with Gasteiger partial charge in [0.25, 0.3) is 5.91 Å². The van der Waals surface area contributed by atoms with E-state index in [0.717, 1.165) is 10.7 Å². The average Bonchev–Trinajstić information content (AvgIpc) is 2.70. The number of amides is 1. The third kappa shape index (κ3) is 1.69. The molecule has 5 nitrogen and oxygen atoms in total. The van der Waals surface area contributed by atoms with Gasteiger partial charge >= 0.3 is 0 Å². The van der Waals surface area contributed by atoms with Gasteiger partial charge in [-0.2, -0.15) is 0 Å². The Kier molecular flexibility index (Phi) is 2.39. The van der Waals surface area contributed by atoms with E-state index in [1.54, 1.807) is 17.6 Å². The third-order valence-corrected chi connectivity index (χ3v) is 2.14. The first-order valence-electron chi connectivity index (χ1n) is 4.48. The molecule has 0 aromatic carbocycles. The molecule has 78 valence electrons. The molecule has 0 aliphatic rings. The molecule has 0 N–H and O–H groups in total. The molecule has 2 aromatic rings. The molecule has 2 aromatic heterocycles. The quantitative estimate of drug-likeness (QED) is 0.686. The van der Waals surface area contributed by atoms with E-state index in [4.69, 9.17) is 4.84 Å². The van der Waals surface area contributed by atoms with Gasteiger partial charge in [0.15, 0.2) is 0 Å². The zero-order valence-corrected chi connectivity index (χ0v) is 8.54. The van der Waals surface area contributed by atoms with Crippen molar-refractivity contribution in [2.24, 2.45) is 0 Å². The molecular weight excluding hydrogens is 194 g/mol. The van der Waals surface area contributed by atoms with Crippen LogP contribution in [0.2, 0.25) is 0 Å². The molecule has 0 bridgehead atoms. The maximum Gasteiger partial charge on any atom is 0.297 e. The van der Waals surface area contributed by atoms with Crippen LogP contribution in [0.25, 0.3) is 5.65 Å². The summed E-state index contributed by atoms with van der Waals surface area (Å²) in [5.74, 6) is -0.263. The van der Waals surface area contributed by atoms with Crippen LogP contribution in [0.1, 0.15) is 10.5 Å². The Hall–Kier alpha value is -1.88. The highest BCUT2D eigenvalue weighted by Gasteiger charge is 2.14. The van der Waals surface area contributed by atoms with Gasteiger partial charge in [0.1, 0.15) is 11.3 Å². The number of carbonyl (C=O) groups excluding carboxylic acids is 1. The first kappa shape index (κ1) is 9.67. The molecule has 0 spiro atoms. The van der Waals surface area contributed by atoms with Gasteiger partial charge < -0.3 is 4.40 Å². The van der Waals surface area contributed by atoms with E-state index >= 15 is 0 Å². The first-order valence-corrected chi connectivity index (χ1v) is 4.48. The van der Waals surface area contributed by atoms with Crippen molar-refractivity contribution >= 4 is 11.6 Å². The summed E-state index contributed by atoms with van der Waals surface area (Å²) in [6.45, 7) is 0. The maximum atomic E-state index is 11.7. The Morgan fingerprint density at radius 2 is 2.33 bits per heavy atom. The summed E-state index contributed by atoms with van der Waals surface area (Å²) in [5.41, 5.74) is 1.11. The molecule has 0 aliphatic carbocycles. The fraction of sp³-hybridized carbons (Fsp3) is 0.200. The van der Waals surface area contributed by atoms with E-state index in [9.17, 15) is 4.79 Å². The molecule has 0 atom stereocenters. The summed E-state index contributed by atoms with van der Waals surface area (Å²) in [7, 11) is 2.99. The summed E-state index contributed by atoms with van der Waals surface area (Å²) < 4.78 is 1.79. The molecule has 0 fully saturated rings. The fourth-order valence-corrected chi connectivity index (χ4v) is 1.28. The number of imidazole rings is 1. The van der Waals surface area contributed by atoms with Crippen LogP contribution < -0.4 is 0 Å². The lowest BCUT2D eigenvalue weighted by atomic mass is 10.4. The minimum atomic E-state index is -0.263. The minimum absolute atomic E-state index is 0.263. The lowest BCUT2D eigenvalue weighted by Gasteiger charge is -2.10. The van der Waals surface area contributed by atoms with E-state index in [-0.39, 0.29) is 5.91 Å². The van der Waals surface area contributed by atoms with Gasteiger partial charge in [0.2, 0.25) is 0 Å². The normalized spacial score (nSPS) is 10.5. The molecule has 5 heteroatoms. The first-order chi connectivity index (χ1) is 7.22. The molecular formula is C10H11N3O2. The van der Waals surface area contributed by atoms with Crippen molar-refractivity contribution in [3.8, 4) is 0 Å². The number of fused-ring (bicyclic) bond motifs is 1. The van der Waals surface area contributed by atoms with Crippen LogP contribution in [0.3, 0.4) is 0 Å². The molecule has 0 unspecified atom stereocenters. The number of aromatic nitrogens is 2. The predicted octanol–water partition coefficient (Wildman–Crippen LogP) is 0.968. The molecule has 2 rings (SSSR count). The van der Waals surface area contributed by atoms with E-state index in [0.29, 0.717) is 5.69 Å². The summed E-state index contributed by atoms with van der Waals surface area (Å²) >= 11 is 0.